The van der Waals surface area contributed by atoms with E-state index in [1.54, 1.807) is 6.07 Å². The molecule has 0 aliphatic rings. The number of pyridine rings is 1. The van der Waals surface area contributed by atoms with E-state index in [1.165, 1.54) is 6.07 Å². The highest BCUT2D eigenvalue weighted by Gasteiger charge is 1.96. The normalized spacial score (nSPS) is 9.09. The fourth-order valence-corrected chi connectivity index (χ4v) is 0.773. The summed E-state index contributed by atoms with van der Waals surface area (Å²) in [5.41, 5.74) is 12.3. The Morgan fingerprint density at radius 3 is 2.82 bits per heavy atom. The van der Waals surface area contributed by atoms with Gasteiger partial charge in [-0.05, 0) is 12.1 Å². The lowest BCUT2D eigenvalue weighted by atomic mass is 10.3. The molecule has 0 unspecified atom stereocenters. The predicted molar refractivity (Wildman–Crippen MR) is 41.3 cm³/mol. The van der Waals surface area contributed by atoms with Gasteiger partial charge in [0.1, 0.15) is 11.8 Å². The summed E-state index contributed by atoms with van der Waals surface area (Å²) >= 11 is 0. The van der Waals surface area contributed by atoms with Crippen LogP contribution < -0.4 is 11.5 Å². The van der Waals surface area contributed by atoms with Crippen LogP contribution in [0.5, 0.6) is 0 Å². The van der Waals surface area contributed by atoms with Crippen molar-refractivity contribution in [1.82, 2.24) is 4.98 Å². The lowest BCUT2D eigenvalue weighted by Crippen LogP contribution is -2.02. The third-order valence-electron chi connectivity index (χ3n) is 1.22. The van der Waals surface area contributed by atoms with Crippen molar-refractivity contribution in [3.8, 4) is 6.07 Å². The first-order valence-corrected chi connectivity index (χ1v) is 3.13. The second-order valence-electron chi connectivity index (χ2n) is 2.09. The van der Waals surface area contributed by atoms with E-state index in [0.717, 1.165) is 0 Å². The summed E-state index contributed by atoms with van der Waals surface area (Å²) in [4.78, 5) is 3.90. The molecule has 0 fully saturated rings. The third kappa shape index (κ3) is 1.66. The van der Waals surface area contributed by atoms with Gasteiger partial charge in [-0.25, -0.2) is 4.98 Å². The highest BCUT2D eigenvalue weighted by atomic mass is 14.8. The molecule has 1 aromatic heterocycles. The minimum atomic E-state index is 0.305. The number of aromatic nitrogens is 1. The van der Waals surface area contributed by atoms with E-state index < -0.39 is 0 Å². The monoisotopic (exact) mass is 148 g/mol. The first-order valence-electron chi connectivity index (χ1n) is 3.13. The molecular weight excluding hydrogens is 140 g/mol. The highest BCUT2D eigenvalue weighted by molar-refractivity contribution is 5.43. The molecule has 0 bridgehead atoms. The molecule has 1 heterocycles. The van der Waals surface area contributed by atoms with Crippen LogP contribution in [-0.2, 0) is 6.54 Å². The zero-order chi connectivity index (χ0) is 8.27. The Balaban J connectivity index is 3.15. The zero-order valence-electron chi connectivity index (χ0n) is 5.91. The topological polar surface area (TPSA) is 88.7 Å². The summed E-state index contributed by atoms with van der Waals surface area (Å²) in [7, 11) is 0. The van der Waals surface area contributed by atoms with E-state index in [4.69, 9.17) is 16.7 Å². The summed E-state index contributed by atoms with van der Waals surface area (Å²) < 4.78 is 0. The number of nitrogens with two attached hydrogens (primary N) is 2. The second kappa shape index (κ2) is 2.99. The second-order valence-corrected chi connectivity index (χ2v) is 2.09. The molecule has 56 valence electrons. The number of nitriles is 1. The van der Waals surface area contributed by atoms with Gasteiger partial charge in [-0.15, -0.1) is 0 Å². The zero-order valence-corrected chi connectivity index (χ0v) is 5.91. The average molecular weight is 148 g/mol. The van der Waals surface area contributed by atoms with E-state index in [2.05, 4.69) is 4.98 Å². The largest absolute Gasteiger partial charge is 0.399 e. The van der Waals surface area contributed by atoms with Gasteiger partial charge in [-0.1, -0.05) is 0 Å². The molecule has 4 heteroatoms. The smallest absolute Gasteiger partial charge is 0.142 e. The van der Waals surface area contributed by atoms with Gasteiger partial charge in [0.05, 0.1) is 5.69 Å². The summed E-state index contributed by atoms with van der Waals surface area (Å²) in [6.45, 7) is 0.305. The maximum absolute atomic E-state index is 8.47. The summed E-state index contributed by atoms with van der Waals surface area (Å²) in [6.07, 6.45) is 0. The van der Waals surface area contributed by atoms with E-state index in [-0.39, 0.29) is 0 Å². The van der Waals surface area contributed by atoms with Gasteiger partial charge < -0.3 is 11.5 Å². The quantitative estimate of drug-likeness (QED) is 0.586. The fourth-order valence-electron chi connectivity index (χ4n) is 0.773. The van der Waals surface area contributed by atoms with Gasteiger partial charge in [0.2, 0.25) is 0 Å². The summed E-state index contributed by atoms with van der Waals surface area (Å²) in [5.74, 6) is 0. The predicted octanol–water partition coefficient (Wildman–Crippen LogP) is -0.00582. The van der Waals surface area contributed by atoms with Gasteiger partial charge in [0.15, 0.2) is 0 Å². The van der Waals surface area contributed by atoms with Crippen molar-refractivity contribution in [2.75, 3.05) is 5.73 Å². The van der Waals surface area contributed by atoms with Crippen molar-refractivity contribution >= 4 is 5.69 Å². The molecule has 0 radical (unpaired) electrons. The summed E-state index contributed by atoms with van der Waals surface area (Å²) in [5, 5.41) is 8.47. The molecule has 0 aliphatic heterocycles. The Labute approximate surface area is 64.5 Å². The maximum Gasteiger partial charge on any atom is 0.142 e. The van der Waals surface area contributed by atoms with Gasteiger partial charge in [-0.2, -0.15) is 5.26 Å². The molecule has 4 N–H and O–H groups in total. The molecule has 0 atom stereocenters. The van der Waals surface area contributed by atoms with E-state index >= 15 is 0 Å². The van der Waals surface area contributed by atoms with Crippen molar-refractivity contribution in [2.24, 2.45) is 5.73 Å². The number of nitrogens with zero attached hydrogens (tertiary/aromatic N) is 2. The lowest BCUT2D eigenvalue weighted by Gasteiger charge is -1.97. The van der Waals surface area contributed by atoms with Gasteiger partial charge >= 0.3 is 0 Å². The van der Waals surface area contributed by atoms with Crippen molar-refractivity contribution in [3.05, 3.63) is 23.5 Å². The van der Waals surface area contributed by atoms with Crippen LogP contribution in [0.15, 0.2) is 12.1 Å². The maximum atomic E-state index is 8.47. The molecule has 0 aromatic carbocycles. The lowest BCUT2D eigenvalue weighted by molar-refractivity contribution is 0.984. The van der Waals surface area contributed by atoms with Crippen LogP contribution in [0.1, 0.15) is 11.4 Å². The third-order valence-corrected chi connectivity index (χ3v) is 1.22. The minimum Gasteiger partial charge on any atom is -0.399 e. The van der Waals surface area contributed by atoms with E-state index in [9.17, 15) is 0 Å². The first-order chi connectivity index (χ1) is 5.26. The van der Waals surface area contributed by atoms with Crippen LogP contribution in [0.4, 0.5) is 5.69 Å². The fraction of sp³-hybridized carbons (Fsp3) is 0.143. The Hall–Kier alpha value is -1.60. The molecule has 11 heavy (non-hydrogen) atoms. The average Bonchev–Trinajstić information content (AvgIpc) is 2.03. The molecule has 0 aliphatic carbocycles. The molecule has 0 spiro atoms. The van der Waals surface area contributed by atoms with Gasteiger partial charge in [0, 0.05) is 12.2 Å². The molecule has 0 saturated heterocycles. The van der Waals surface area contributed by atoms with Crippen LogP contribution >= 0.6 is 0 Å². The minimum absolute atomic E-state index is 0.305. The van der Waals surface area contributed by atoms with E-state index in [1.807, 2.05) is 6.07 Å². The first kappa shape index (κ1) is 7.51. The number of anilines is 1. The van der Waals surface area contributed by atoms with Gasteiger partial charge in [-0.3, -0.25) is 0 Å². The Morgan fingerprint density at radius 2 is 2.27 bits per heavy atom. The number of hydrogen-bond donors (Lipinski definition) is 2. The SMILES string of the molecule is N#Cc1cc(N)cc(CN)n1. The van der Waals surface area contributed by atoms with Gasteiger partial charge in [0.25, 0.3) is 0 Å². The van der Waals surface area contributed by atoms with Crippen molar-refractivity contribution in [1.29, 1.82) is 5.26 Å². The van der Waals surface area contributed by atoms with Crippen LogP contribution in [0, 0.1) is 11.3 Å². The van der Waals surface area contributed by atoms with Crippen LogP contribution in [0.25, 0.3) is 0 Å². The molecule has 4 nitrogen and oxygen atoms in total. The molecular formula is C7H8N4. The molecule has 0 saturated carbocycles. The van der Waals surface area contributed by atoms with Crippen molar-refractivity contribution < 1.29 is 0 Å². The molecule has 1 rings (SSSR count). The van der Waals surface area contributed by atoms with Crippen LogP contribution in [0.3, 0.4) is 0 Å². The molecule has 1 aromatic rings. The number of hydrogen-bond acceptors (Lipinski definition) is 4. The van der Waals surface area contributed by atoms with Crippen molar-refractivity contribution in [3.63, 3.8) is 0 Å². The highest BCUT2D eigenvalue weighted by Crippen LogP contribution is 2.05. The summed E-state index contributed by atoms with van der Waals surface area (Å²) in [6, 6.07) is 5.06. The van der Waals surface area contributed by atoms with Crippen LogP contribution in [-0.4, -0.2) is 4.98 Å². The van der Waals surface area contributed by atoms with Crippen LogP contribution in [0.2, 0.25) is 0 Å². The van der Waals surface area contributed by atoms with E-state index in [0.29, 0.717) is 23.6 Å². The number of nitrogen functional groups attached to an aromatic ring is 1. The Kier molecular flexibility index (Phi) is 2.04. The standard InChI is InChI=1S/C7H8N4/c8-3-6-1-5(10)2-7(4-9)11-6/h1-2H,3,8H2,(H2,10,11). The Morgan fingerprint density at radius 1 is 1.55 bits per heavy atom. The molecule has 0 amide bonds. The number of rotatable bonds is 1. The van der Waals surface area contributed by atoms with Crippen molar-refractivity contribution in [2.45, 2.75) is 6.54 Å². The Bertz CT molecular complexity index is 300.